The molecule has 5 nitrogen and oxygen atoms in total. The molecule has 1 rings (SSSR count). The molecular weight excluding hydrogens is 164 g/mol. The van der Waals surface area contributed by atoms with Crippen LogP contribution in [-0.4, -0.2) is 53.6 Å². The van der Waals surface area contributed by atoms with E-state index in [1.807, 2.05) is 0 Å². The van der Waals surface area contributed by atoms with Gasteiger partial charge in [0, 0.05) is 13.5 Å². The van der Waals surface area contributed by atoms with Gasteiger partial charge in [-0.1, -0.05) is 0 Å². The van der Waals surface area contributed by atoms with E-state index in [0.717, 1.165) is 0 Å². The molecule has 0 aromatic rings. The van der Waals surface area contributed by atoms with Gasteiger partial charge in [0.25, 0.3) is 0 Å². The number of methoxy groups -OCH3 is 1. The average molecular weight is 178 g/mol. The first-order valence-corrected chi connectivity index (χ1v) is 3.84. The summed E-state index contributed by atoms with van der Waals surface area (Å²) in [7, 11) is 1.40. The van der Waals surface area contributed by atoms with E-state index in [9.17, 15) is 10.2 Å². The maximum absolute atomic E-state index is 9.26. The molecule has 0 radical (unpaired) electrons. The Bertz CT molecular complexity index is 126. The number of hydrogen-bond acceptors (Lipinski definition) is 5. The summed E-state index contributed by atoms with van der Waals surface area (Å²) >= 11 is 0. The summed E-state index contributed by atoms with van der Waals surface area (Å²) in [6.07, 6.45) is -2.88. The van der Waals surface area contributed by atoms with Crippen molar-refractivity contribution in [2.45, 2.75) is 31.0 Å². The summed E-state index contributed by atoms with van der Waals surface area (Å²) in [5.74, 6) is 0. The Morgan fingerprint density at radius 2 is 2.08 bits per heavy atom. The van der Waals surface area contributed by atoms with Crippen LogP contribution in [0.2, 0.25) is 0 Å². The maximum Gasteiger partial charge on any atom is 0.183 e. The Balaban J connectivity index is 2.50. The molecule has 1 heterocycles. The molecule has 0 bridgehead atoms. The predicted molar refractivity (Wildman–Crippen MR) is 39.4 cm³/mol. The fraction of sp³-hybridized carbons (Fsp3) is 1.00. The number of aliphatic hydroxyl groups is 3. The standard InChI is InChI=1S/C7H14O5/c1-11-7-5(10)2-4(9)6(3-8)12-7/h4-10H,2-3H2,1H3/t4-,5?,6-,7+/m1/s1. The van der Waals surface area contributed by atoms with Gasteiger partial charge in [-0.05, 0) is 0 Å². The van der Waals surface area contributed by atoms with Crippen molar-refractivity contribution in [3.8, 4) is 0 Å². The van der Waals surface area contributed by atoms with Gasteiger partial charge in [0.05, 0.1) is 12.7 Å². The largest absolute Gasteiger partial charge is 0.394 e. The van der Waals surface area contributed by atoms with Gasteiger partial charge in [-0.25, -0.2) is 0 Å². The van der Waals surface area contributed by atoms with Crippen molar-refractivity contribution in [1.29, 1.82) is 0 Å². The molecule has 72 valence electrons. The highest BCUT2D eigenvalue weighted by Crippen LogP contribution is 2.20. The molecule has 3 N–H and O–H groups in total. The summed E-state index contributed by atoms with van der Waals surface area (Å²) in [5.41, 5.74) is 0. The molecule has 0 aromatic carbocycles. The lowest BCUT2D eigenvalue weighted by Crippen LogP contribution is -2.49. The minimum atomic E-state index is -0.826. The highest BCUT2D eigenvalue weighted by Gasteiger charge is 2.35. The zero-order valence-electron chi connectivity index (χ0n) is 6.88. The van der Waals surface area contributed by atoms with Gasteiger partial charge in [0.2, 0.25) is 0 Å². The van der Waals surface area contributed by atoms with Crippen molar-refractivity contribution in [3.05, 3.63) is 0 Å². The molecule has 0 aliphatic carbocycles. The fourth-order valence-electron chi connectivity index (χ4n) is 1.24. The van der Waals surface area contributed by atoms with Crippen LogP contribution in [0.4, 0.5) is 0 Å². The number of hydrogen-bond donors (Lipinski definition) is 3. The SMILES string of the molecule is CO[C@H]1O[C@H](CO)[C@H](O)CC1O. The second-order valence-electron chi connectivity index (χ2n) is 2.83. The van der Waals surface area contributed by atoms with Gasteiger partial charge in [-0.15, -0.1) is 0 Å². The van der Waals surface area contributed by atoms with Crippen molar-refractivity contribution < 1.29 is 24.8 Å². The molecule has 4 atom stereocenters. The van der Waals surface area contributed by atoms with Crippen LogP contribution >= 0.6 is 0 Å². The van der Waals surface area contributed by atoms with E-state index >= 15 is 0 Å². The third-order valence-electron chi connectivity index (χ3n) is 1.95. The van der Waals surface area contributed by atoms with E-state index in [4.69, 9.17) is 14.6 Å². The van der Waals surface area contributed by atoms with E-state index in [2.05, 4.69) is 0 Å². The quantitative estimate of drug-likeness (QED) is 0.477. The second-order valence-corrected chi connectivity index (χ2v) is 2.83. The molecule has 0 amide bonds. The minimum absolute atomic E-state index is 0.170. The second kappa shape index (κ2) is 4.15. The van der Waals surface area contributed by atoms with E-state index in [0.29, 0.717) is 0 Å². The lowest BCUT2D eigenvalue weighted by atomic mass is 10.0. The first-order valence-electron chi connectivity index (χ1n) is 3.84. The normalized spacial score (nSPS) is 43.0. The van der Waals surface area contributed by atoms with Gasteiger partial charge in [-0.3, -0.25) is 0 Å². The van der Waals surface area contributed by atoms with Gasteiger partial charge in [-0.2, -0.15) is 0 Å². The molecule has 1 saturated heterocycles. The maximum atomic E-state index is 9.26. The summed E-state index contributed by atoms with van der Waals surface area (Å²) in [6, 6.07) is 0. The van der Waals surface area contributed by atoms with Crippen LogP contribution in [0, 0.1) is 0 Å². The van der Waals surface area contributed by atoms with Crippen LogP contribution in [0.1, 0.15) is 6.42 Å². The molecule has 0 aromatic heterocycles. The van der Waals surface area contributed by atoms with Crippen LogP contribution in [0.3, 0.4) is 0 Å². The van der Waals surface area contributed by atoms with Crippen LogP contribution in [-0.2, 0) is 9.47 Å². The van der Waals surface area contributed by atoms with Crippen LogP contribution in [0.15, 0.2) is 0 Å². The molecular formula is C7H14O5. The Hall–Kier alpha value is -0.200. The summed E-state index contributed by atoms with van der Waals surface area (Å²) in [4.78, 5) is 0. The van der Waals surface area contributed by atoms with E-state index in [1.54, 1.807) is 0 Å². The van der Waals surface area contributed by atoms with Crippen LogP contribution in [0.5, 0.6) is 0 Å². The minimum Gasteiger partial charge on any atom is -0.394 e. The van der Waals surface area contributed by atoms with Crippen molar-refractivity contribution in [3.63, 3.8) is 0 Å². The van der Waals surface area contributed by atoms with Gasteiger partial charge in [0.15, 0.2) is 6.29 Å². The van der Waals surface area contributed by atoms with Crippen molar-refractivity contribution in [2.24, 2.45) is 0 Å². The van der Waals surface area contributed by atoms with Crippen molar-refractivity contribution >= 4 is 0 Å². The fourth-order valence-corrected chi connectivity index (χ4v) is 1.24. The predicted octanol–water partition coefficient (Wildman–Crippen LogP) is -1.54. The molecule has 12 heavy (non-hydrogen) atoms. The first-order chi connectivity index (χ1) is 5.69. The van der Waals surface area contributed by atoms with Gasteiger partial charge >= 0.3 is 0 Å². The van der Waals surface area contributed by atoms with E-state index < -0.39 is 24.6 Å². The zero-order chi connectivity index (χ0) is 9.14. The average Bonchev–Trinajstić information content (AvgIpc) is 2.05. The monoisotopic (exact) mass is 178 g/mol. The van der Waals surface area contributed by atoms with Crippen molar-refractivity contribution in [2.75, 3.05) is 13.7 Å². The summed E-state index contributed by atoms with van der Waals surface area (Å²) < 4.78 is 9.83. The lowest BCUT2D eigenvalue weighted by molar-refractivity contribution is -0.261. The first kappa shape index (κ1) is 9.88. The van der Waals surface area contributed by atoms with Crippen molar-refractivity contribution in [1.82, 2.24) is 0 Å². The van der Waals surface area contributed by atoms with Gasteiger partial charge in [0.1, 0.15) is 12.2 Å². The van der Waals surface area contributed by atoms with Crippen LogP contribution in [0.25, 0.3) is 0 Å². The highest BCUT2D eigenvalue weighted by atomic mass is 16.7. The molecule has 1 unspecified atom stereocenters. The topological polar surface area (TPSA) is 79.2 Å². The van der Waals surface area contributed by atoms with E-state index in [-0.39, 0.29) is 13.0 Å². The Morgan fingerprint density at radius 3 is 2.58 bits per heavy atom. The number of aliphatic hydroxyl groups excluding tert-OH is 3. The Kier molecular flexibility index (Phi) is 3.42. The van der Waals surface area contributed by atoms with E-state index in [1.165, 1.54) is 7.11 Å². The summed E-state index contributed by atoms with van der Waals surface area (Å²) in [5, 5.41) is 27.3. The Labute approximate surface area is 70.5 Å². The zero-order valence-corrected chi connectivity index (χ0v) is 6.88. The molecule has 0 saturated carbocycles. The molecule has 1 aliphatic rings. The molecule has 1 fully saturated rings. The smallest absolute Gasteiger partial charge is 0.183 e. The third-order valence-corrected chi connectivity index (χ3v) is 1.95. The summed E-state index contributed by atoms with van der Waals surface area (Å²) in [6.45, 7) is -0.270. The van der Waals surface area contributed by atoms with Crippen LogP contribution < -0.4 is 0 Å². The number of rotatable bonds is 2. The third kappa shape index (κ3) is 1.94. The highest BCUT2D eigenvalue weighted by molar-refractivity contribution is 4.80. The molecule has 0 spiro atoms. The Morgan fingerprint density at radius 1 is 1.42 bits per heavy atom. The van der Waals surface area contributed by atoms with Gasteiger partial charge < -0.3 is 24.8 Å². The molecule has 1 aliphatic heterocycles. The molecule has 5 heteroatoms. The number of ether oxygens (including phenoxy) is 2. The lowest BCUT2D eigenvalue weighted by Gasteiger charge is -2.35.